The fourth-order valence-electron chi connectivity index (χ4n) is 4.75. The maximum Gasteiger partial charge on any atom is 0.309 e. The highest BCUT2D eigenvalue weighted by Crippen LogP contribution is 2.25. The molecule has 2 aromatic rings. The van der Waals surface area contributed by atoms with Gasteiger partial charge in [0.2, 0.25) is 0 Å². The van der Waals surface area contributed by atoms with Crippen LogP contribution in [0.25, 0.3) is 0 Å². The molecular formula is C35H54N2O5. The molecular weight excluding hydrogens is 528 g/mol. The van der Waals surface area contributed by atoms with E-state index >= 15 is 0 Å². The van der Waals surface area contributed by atoms with Crippen LogP contribution in [0.2, 0.25) is 0 Å². The molecule has 0 fully saturated rings. The summed E-state index contributed by atoms with van der Waals surface area (Å²) in [4.78, 5) is 24.0. The maximum absolute atomic E-state index is 12.0. The second-order valence-electron chi connectivity index (χ2n) is 11.1. The molecule has 0 heterocycles. The molecule has 0 saturated heterocycles. The van der Waals surface area contributed by atoms with E-state index in [-0.39, 0.29) is 5.75 Å². The summed E-state index contributed by atoms with van der Waals surface area (Å²) in [7, 11) is 0. The Morgan fingerprint density at radius 3 is 1.40 bits per heavy atom. The monoisotopic (exact) mass is 582 g/mol. The molecule has 0 aliphatic rings. The van der Waals surface area contributed by atoms with Crippen molar-refractivity contribution in [3.63, 3.8) is 0 Å². The van der Waals surface area contributed by atoms with Crippen molar-refractivity contribution in [2.24, 2.45) is 0 Å². The van der Waals surface area contributed by atoms with Gasteiger partial charge in [-0.15, -0.1) is 0 Å². The highest BCUT2D eigenvalue weighted by Gasteiger charge is 2.11. The first kappa shape index (κ1) is 35.0. The van der Waals surface area contributed by atoms with Crippen LogP contribution in [0.1, 0.15) is 116 Å². The fraction of sp³-hybridized carbons (Fsp3) is 0.600. The summed E-state index contributed by atoms with van der Waals surface area (Å²) < 4.78 is 11.4. The summed E-state index contributed by atoms with van der Waals surface area (Å²) in [5.74, 6) is 1.00. The van der Waals surface area contributed by atoms with Crippen molar-refractivity contribution in [3.8, 4) is 23.0 Å². The summed E-state index contributed by atoms with van der Waals surface area (Å²) in [6.07, 6.45) is 21.6. The first-order chi connectivity index (χ1) is 20.6. The van der Waals surface area contributed by atoms with Crippen molar-refractivity contribution < 1.29 is 24.2 Å². The topological polar surface area (TPSA) is 96.9 Å². The Kier molecular flexibility index (Phi) is 19.4. The van der Waals surface area contributed by atoms with E-state index < -0.39 is 11.8 Å². The molecule has 0 spiro atoms. The average Bonchev–Trinajstić information content (AvgIpc) is 3.00. The molecule has 7 nitrogen and oxygen atoms in total. The third-order valence-electron chi connectivity index (χ3n) is 7.29. The molecule has 0 saturated carbocycles. The molecule has 0 aromatic heterocycles. The molecule has 0 unspecified atom stereocenters. The normalized spacial score (nSPS) is 10.8. The van der Waals surface area contributed by atoms with Gasteiger partial charge in [0.05, 0.1) is 6.61 Å². The molecule has 0 aliphatic carbocycles. The number of rotatable bonds is 24. The number of carbonyl (C=O) groups is 2. The first-order valence-corrected chi connectivity index (χ1v) is 16.3. The minimum Gasteiger partial charge on any atom is -0.508 e. The van der Waals surface area contributed by atoms with Crippen LogP contribution in [-0.4, -0.2) is 36.6 Å². The number of carbonyl (C=O) groups excluding carboxylic acids is 2. The molecule has 0 atom stereocenters. The zero-order valence-corrected chi connectivity index (χ0v) is 25.8. The van der Waals surface area contributed by atoms with Gasteiger partial charge in [-0.25, -0.2) is 0 Å². The molecule has 0 aliphatic heterocycles. The lowest BCUT2D eigenvalue weighted by atomic mass is 10.0. The maximum atomic E-state index is 12.0. The zero-order chi connectivity index (χ0) is 30.1. The fourth-order valence-corrected chi connectivity index (χ4v) is 4.75. The number of amides is 2. The molecule has 7 heteroatoms. The van der Waals surface area contributed by atoms with Gasteiger partial charge >= 0.3 is 11.8 Å². The Hall–Kier alpha value is -3.22. The second-order valence-corrected chi connectivity index (χ2v) is 11.1. The number of benzene rings is 2. The molecule has 0 bridgehead atoms. The Labute approximate surface area is 253 Å². The smallest absolute Gasteiger partial charge is 0.309 e. The number of phenolic OH excluding ortho intramolecular Hbond substituents is 1. The molecule has 2 rings (SSSR count). The zero-order valence-electron chi connectivity index (χ0n) is 25.8. The van der Waals surface area contributed by atoms with Gasteiger partial charge in [0.25, 0.3) is 0 Å². The van der Waals surface area contributed by atoms with E-state index in [0.717, 1.165) is 12.8 Å². The van der Waals surface area contributed by atoms with Crippen LogP contribution in [0.5, 0.6) is 23.0 Å². The summed E-state index contributed by atoms with van der Waals surface area (Å²) in [5.41, 5.74) is 0. The van der Waals surface area contributed by atoms with Crippen LogP contribution in [-0.2, 0) is 9.59 Å². The quantitative estimate of drug-likeness (QED) is 0.0852. The number of nitrogens with one attached hydrogen (secondary N) is 2. The van der Waals surface area contributed by atoms with Crippen LogP contribution >= 0.6 is 0 Å². The molecule has 2 aromatic carbocycles. The highest BCUT2D eigenvalue weighted by molar-refractivity contribution is 6.35. The van der Waals surface area contributed by atoms with Crippen LogP contribution in [0.4, 0.5) is 0 Å². The number of unbranched alkanes of at least 4 members (excludes halogenated alkanes) is 15. The van der Waals surface area contributed by atoms with E-state index in [4.69, 9.17) is 9.47 Å². The van der Waals surface area contributed by atoms with E-state index in [9.17, 15) is 14.7 Å². The van der Waals surface area contributed by atoms with Gasteiger partial charge in [-0.1, -0.05) is 103 Å². The van der Waals surface area contributed by atoms with Crippen LogP contribution in [0, 0.1) is 0 Å². The van der Waals surface area contributed by atoms with Crippen molar-refractivity contribution in [2.75, 3.05) is 19.7 Å². The Morgan fingerprint density at radius 2 is 0.929 bits per heavy atom. The standard InChI is InChI=1S/C35H54N2O5/c1-2-3-4-5-6-7-8-9-10-11-12-13-14-15-16-17-27-36-34(39)35(40)37-28-18-29-41-31-23-25-33(26-24-31)42-32-21-19-30(38)20-22-32/h19-26,38H,2-18,27-29H2,1H3,(H,36,39)(H,37,40). The third-order valence-corrected chi connectivity index (χ3v) is 7.29. The minimum absolute atomic E-state index is 0.188. The van der Waals surface area contributed by atoms with Crippen molar-refractivity contribution in [3.05, 3.63) is 48.5 Å². The van der Waals surface area contributed by atoms with Crippen molar-refractivity contribution in [1.82, 2.24) is 10.6 Å². The Bertz CT molecular complexity index is 962. The van der Waals surface area contributed by atoms with E-state index in [1.807, 2.05) is 0 Å². The first-order valence-electron chi connectivity index (χ1n) is 16.3. The molecule has 2 amide bonds. The van der Waals surface area contributed by atoms with Crippen LogP contribution in [0.15, 0.2) is 48.5 Å². The van der Waals surface area contributed by atoms with E-state index in [1.54, 1.807) is 48.5 Å². The summed E-state index contributed by atoms with van der Waals surface area (Å²) in [5, 5.41) is 14.7. The van der Waals surface area contributed by atoms with E-state index in [0.29, 0.717) is 43.4 Å². The minimum atomic E-state index is -0.595. The second kappa shape index (κ2) is 23.4. The van der Waals surface area contributed by atoms with Gasteiger partial charge in [-0.05, 0) is 61.4 Å². The van der Waals surface area contributed by atoms with Crippen molar-refractivity contribution in [1.29, 1.82) is 0 Å². The summed E-state index contributed by atoms with van der Waals surface area (Å²) in [6.45, 7) is 3.60. The van der Waals surface area contributed by atoms with E-state index in [2.05, 4.69) is 17.6 Å². The predicted octanol–water partition coefficient (Wildman–Crippen LogP) is 8.45. The molecule has 3 N–H and O–H groups in total. The number of phenols is 1. The van der Waals surface area contributed by atoms with Crippen LogP contribution < -0.4 is 20.1 Å². The number of hydrogen-bond donors (Lipinski definition) is 3. The van der Waals surface area contributed by atoms with Crippen LogP contribution in [0.3, 0.4) is 0 Å². The molecule has 0 radical (unpaired) electrons. The predicted molar refractivity (Wildman–Crippen MR) is 170 cm³/mol. The number of hydrogen-bond acceptors (Lipinski definition) is 5. The molecule has 234 valence electrons. The highest BCUT2D eigenvalue weighted by atomic mass is 16.5. The average molecular weight is 583 g/mol. The summed E-state index contributed by atoms with van der Waals surface area (Å²) in [6, 6.07) is 13.7. The van der Waals surface area contributed by atoms with Gasteiger partial charge < -0.3 is 25.2 Å². The number of aromatic hydroxyl groups is 1. The lowest BCUT2D eigenvalue weighted by Gasteiger charge is -2.09. The third kappa shape index (κ3) is 17.6. The summed E-state index contributed by atoms with van der Waals surface area (Å²) >= 11 is 0. The number of ether oxygens (including phenoxy) is 2. The Balaban J connectivity index is 1.36. The van der Waals surface area contributed by atoms with Gasteiger partial charge in [-0.2, -0.15) is 0 Å². The van der Waals surface area contributed by atoms with Gasteiger partial charge in [0.15, 0.2) is 0 Å². The van der Waals surface area contributed by atoms with Gasteiger partial charge in [0, 0.05) is 13.1 Å². The van der Waals surface area contributed by atoms with Crippen molar-refractivity contribution in [2.45, 2.75) is 116 Å². The van der Waals surface area contributed by atoms with E-state index in [1.165, 1.54) is 89.9 Å². The lowest BCUT2D eigenvalue weighted by Crippen LogP contribution is -2.40. The molecule has 42 heavy (non-hydrogen) atoms. The van der Waals surface area contributed by atoms with Gasteiger partial charge in [-0.3, -0.25) is 9.59 Å². The Morgan fingerprint density at radius 1 is 0.548 bits per heavy atom. The van der Waals surface area contributed by atoms with Crippen molar-refractivity contribution >= 4 is 11.8 Å². The van der Waals surface area contributed by atoms with Gasteiger partial charge in [0.1, 0.15) is 23.0 Å². The largest absolute Gasteiger partial charge is 0.508 e. The lowest BCUT2D eigenvalue weighted by molar-refractivity contribution is -0.139. The SMILES string of the molecule is CCCCCCCCCCCCCCCCCCNC(=O)C(=O)NCCCOc1ccc(Oc2ccc(O)cc2)cc1.